The number of aryl methyl sites for hydroxylation is 1. The fraction of sp³-hybridized carbons (Fsp3) is 0.389. The average Bonchev–Trinajstić information content (AvgIpc) is 3.18. The van der Waals surface area contributed by atoms with Crippen LogP contribution < -0.4 is 10.5 Å². The molecular formula is C18H19FIN5O. The first kappa shape index (κ1) is 17.4. The van der Waals surface area contributed by atoms with Crippen molar-refractivity contribution in [3.05, 3.63) is 38.7 Å². The molecule has 136 valence electrons. The molecule has 0 saturated carbocycles. The molecule has 3 heterocycles. The van der Waals surface area contributed by atoms with Gasteiger partial charge in [-0.25, -0.2) is 4.98 Å². The Hall–Kier alpha value is -1.97. The van der Waals surface area contributed by atoms with Gasteiger partial charge >= 0.3 is 6.08 Å². The lowest BCUT2D eigenvalue weighted by Crippen LogP contribution is -2.07. The lowest BCUT2D eigenvalue weighted by Gasteiger charge is -2.10. The molecule has 4 rings (SSSR count). The second-order valence-corrected chi connectivity index (χ2v) is 7.57. The highest BCUT2D eigenvalue weighted by Gasteiger charge is 2.20. The molecule has 8 heteroatoms. The molecule has 0 saturated heterocycles. The summed E-state index contributed by atoms with van der Waals surface area (Å²) >= 11 is 2.35. The minimum absolute atomic E-state index is 0.0796. The summed E-state index contributed by atoms with van der Waals surface area (Å²) in [6.07, 6.45) is 2.71. The van der Waals surface area contributed by atoms with Crippen molar-refractivity contribution in [1.82, 2.24) is 19.5 Å². The highest BCUT2D eigenvalue weighted by molar-refractivity contribution is 14.1. The number of imidazole rings is 1. The zero-order chi connectivity index (χ0) is 18.3. The fourth-order valence-corrected chi connectivity index (χ4v) is 3.99. The van der Waals surface area contributed by atoms with Crippen LogP contribution in [0.15, 0.2) is 12.1 Å². The molecule has 0 bridgehead atoms. The number of aromatic nitrogens is 4. The van der Waals surface area contributed by atoms with E-state index in [9.17, 15) is 4.39 Å². The van der Waals surface area contributed by atoms with E-state index in [1.165, 1.54) is 9.13 Å². The van der Waals surface area contributed by atoms with Crippen molar-refractivity contribution in [2.75, 3.05) is 12.3 Å². The minimum atomic E-state index is -0.820. The van der Waals surface area contributed by atoms with Crippen LogP contribution in [-0.4, -0.2) is 26.1 Å². The molecule has 0 unspecified atom stereocenters. The Kier molecular flexibility index (Phi) is 4.68. The van der Waals surface area contributed by atoms with Crippen LogP contribution in [0, 0.1) is 9.65 Å². The molecule has 0 aliphatic carbocycles. The summed E-state index contributed by atoms with van der Waals surface area (Å²) in [4.78, 5) is 12.2. The zero-order valence-electron chi connectivity index (χ0n) is 14.4. The first-order chi connectivity index (χ1) is 12.6. The SMILES string of the molecule is CCCCn1c(Cc2cc3c(cc2I)CCO3)nc2c(N)nc(F)nc21. The van der Waals surface area contributed by atoms with Gasteiger partial charge in [-0.3, -0.25) is 0 Å². The summed E-state index contributed by atoms with van der Waals surface area (Å²) in [6.45, 7) is 3.56. The molecule has 0 spiro atoms. The van der Waals surface area contributed by atoms with E-state index in [1.54, 1.807) is 0 Å². The summed E-state index contributed by atoms with van der Waals surface area (Å²) in [5, 5.41) is 0. The topological polar surface area (TPSA) is 78.9 Å². The number of ether oxygens (including phenoxy) is 1. The van der Waals surface area contributed by atoms with Gasteiger partial charge in [-0.1, -0.05) is 13.3 Å². The van der Waals surface area contributed by atoms with Crippen molar-refractivity contribution in [2.45, 2.75) is 39.2 Å². The van der Waals surface area contributed by atoms with Crippen molar-refractivity contribution < 1.29 is 9.13 Å². The summed E-state index contributed by atoms with van der Waals surface area (Å²) in [7, 11) is 0. The standard InChI is InChI=1S/C18H19FIN5O/c1-2-3-5-25-14(22-15-16(21)23-18(19)24-17(15)25)9-11-8-13-10(4-6-26-13)7-12(11)20/h7-8H,2-6,9H2,1H3,(H2,21,23,24). The minimum Gasteiger partial charge on any atom is -0.493 e. The van der Waals surface area contributed by atoms with E-state index in [0.717, 1.165) is 49.6 Å². The summed E-state index contributed by atoms with van der Waals surface area (Å²) in [6, 6.07) is 4.26. The zero-order valence-corrected chi connectivity index (χ0v) is 16.6. The summed E-state index contributed by atoms with van der Waals surface area (Å²) in [5.74, 6) is 1.84. The predicted octanol–water partition coefficient (Wildman–Crippen LogP) is 3.48. The van der Waals surface area contributed by atoms with E-state index in [1.807, 2.05) is 4.57 Å². The van der Waals surface area contributed by atoms with Crippen LogP contribution >= 0.6 is 22.6 Å². The Morgan fingerprint density at radius 3 is 2.96 bits per heavy atom. The second-order valence-electron chi connectivity index (χ2n) is 6.41. The molecule has 0 amide bonds. The quantitative estimate of drug-likeness (QED) is 0.459. The van der Waals surface area contributed by atoms with Gasteiger partial charge < -0.3 is 15.0 Å². The Morgan fingerprint density at radius 1 is 1.31 bits per heavy atom. The van der Waals surface area contributed by atoms with Crippen molar-refractivity contribution in [3.8, 4) is 5.75 Å². The molecule has 1 aliphatic rings. The number of benzene rings is 1. The third-order valence-electron chi connectivity index (χ3n) is 4.62. The molecule has 0 fully saturated rings. The van der Waals surface area contributed by atoms with Crippen LogP contribution in [-0.2, 0) is 19.4 Å². The molecule has 26 heavy (non-hydrogen) atoms. The highest BCUT2D eigenvalue weighted by atomic mass is 127. The Balaban J connectivity index is 1.79. The Labute approximate surface area is 164 Å². The van der Waals surface area contributed by atoms with Crippen LogP contribution in [0.4, 0.5) is 10.2 Å². The number of anilines is 1. The first-order valence-electron chi connectivity index (χ1n) is 8.69. The van der Waals surface area contributed by atoms with Gasteiger partial charge in [-0.05, 0) is 52.3 Å². The van der Waals surface area contributed by atoms with Gasteiger partial charge in [0, 0.05) is 23.0 Å². The number of unbranched alkanes of at least 4 members (excludes halogenated alkanes) is 1. The van der Waals surface area contributed by atoms with E-state index in [0.29, 0.717) is 17.6 Å². The largest absolute Gasteiger partial charge is 0.493 e. The van der Waals surface area contributed by atoms with Crippen LogP contribution in [0.2, 0.25) is 0 Å². The summed E-state index contributed by atoms with van der Waals surface area (Å²) in [5.41, 5.74) is 9.18. The van der Waals surface area contributed by atoms with Crippen LogP contribution in [0.5, 0.6) is 5.75 Å². The van der Waals surface area contributed by atoms with E-state index in [4.69, 9.17) is 10.5 Å². The van der Waals surface area contributed by atoms with E-state index in [2.05, 4.69) is 56.6 Å². The monoisotopic (exact) mass is 467 g/mol. The fourth-order valence-electron chi connectivity index (χ4n) is 3.27. The van der Waals surface area contributed by atoms with Crippen LogP contribution in [0.3, 0.4) is 0 Å². The van der Waals surface area contributed by atoms with Gasteiger partial charge in [-0.2, -0.15) is 14.4 Å². The maximum absolute atomic E-state index is 13.7. The molecule has 2 aromatic heterocycles. The number of hydrogen-bond donors (Lipinski definition) is 1. The van der Waals surface area contributed by atoms with Crippen molar-refractivity contribution in [2.24, 2.45) is 0 Å². The summed E-state index contributed by atoms with van der Waals surface area (Å²) < 4.78 is 22.5. The lowest BCUT2D eigenvalue weighted by molar-refractivity contribution is 0.356. The number of nitrogens with zero attached hydrogens (tertiary/aromatic N) is 4. The van der Waals surface area contributed by atoms with E-state index in [-0.39, 0.29) is 5.82 Å². The third-order valence-corrected chi connectivity index (χ3v) is 5.62. The molecule has 1 aliphatic heterocycles. The number of hydrogen-bond acceptors (Lipinski definition) is 5. The molecule has 0 radical (unpaired) electrons. The number of halogens is 2. The van der Waals surface area contributed by atoms with Crippen molar-refractivity contribution in [3.63, 3.8) is 0 Å². The second kappa shape index (κ2) is 6.98. The Morgan fingerprint density at radius 2 is 2.15 bits per heavy atom. The van der Waals surface area contributed by atoms with Crippen LogP contribution in [0.1, 0.15) is 36.7 Å². The van der Waals surface area contributed by atoms with Crippen LogP contribution in [0.25, 0.3) is 11.2 Å². The number of fused-ring (bicyclic) bond motifs is 2. The molecule has 3 aromatic rings. The highest BCUT2D eigenvalue weighted by Crippen LogP contribution is 2.31. The average molecular weight is 467 g/mol. The number of nitrogens with two attached hydrogens (primary N) is 1. The number of rotatable bonds is 5. The molecule has 0 atom stereocenters. The normalized spacial score (nSPS) is 13.2. The number of nitrogen functional groups attached to an aromatic ring is 1. The maximum atomic E-state index is 13.7. The lowest BCUT2D eigenvalue weighted by atomic mass is 10.1. The van der Waals surface area contributed by atoms with Gasteiger partial charge in [-0.15, -0.1) is 0 Å². The van der Waals surface area contributed by atoms with Gasteiger partial charge in [0.25, 0.3) is 0 Å². The van der Waals surface area contributed by atoms with Gasteiger partial charge in [0.05, 0.1) is 6.61 Å². The third kappa shape index (κ3) is 3.10. The van der Waals surface area contributed by atoms with Crippen molar-refractivity contribution in [1.29, 1.82) is 0 Å². The predicted molar refractivity (Wildman–Crippen MR) is 106 cm³/mol. The molecule has 2 N–H and O–H groups in total. The van der Waals surface area contributed by atoms with Gasteiger partial charge in [0.2, 0.25) is 0 Å². The van der Waals surface area contributed by atoms with E-state index < -0.39 is 6.08 Å². The Bertz CT molecular complexity index is 988. The molecule has 6 nitrogen and oxygen atoms in total. The van der Waals surface area contributed by atoms with Gasteiger partial charge in [0.15, 0.2) is 17.0 Å². The molecular weight excluding hydrogens is 448 g/mol. The smallest absolute Gasteiger partial charge is 0.312 e. The van der Waals surface area contributed by atoms with E-state index >= 15 is 0 Å². The maximum Gasteiger partial charge on any atom is 0.312 e. The first-order valence-corrected chi connectivity index (χ1v) is 9.77. The molecule has 1 aromatic carbocycles. The van der Waals surface area contributed by atoms with Crippen molar-refractivity contribution >= 4 is 39.6 Å². The van der Waals surface area contributed by atoms with Gasteiger partial charge in [0.1, 0.15) is 11.6 Å².